The van der Waals surface area contributed by atoms with Crippen molar-refractivity contribution in [1.29, 1.82) is 0 Å². The Morgan fingerprint density at radius 2 is 1.43 bits per heavy atom. The predicted molar refractivity (Wildman–Crippen MR) is 172 cm³/mol. The van der Waals surface area contributed by atoms with Gasteiger partial charge in [-0.15, -0.1) is 0 Å². The summed E-state index contributed by atoms with van der Waals surface area (Å²) >= 11 is 12.4. The number of carbonyl (C=O) groups is 2. The van der Waals surface area contributed by atoms with Gasteiger partial charge in [-0.1, -0.05) is 77.8 Å². The summed E-state index contributed by atoms with van der Waals surface area (Å²) in [6, 6.07) is 25.4. The zero-order chi connectivity index (χ0) is 31.9. The van der Waals surface area contributed by atoms with E-state index in [1.807, 2.05) is 44.2 Å². The molecule has 4 aromatic carbocycles. The molecule has 11 heteroatoms. The minimum atomic E-state index is -4.33. The largest absolute Gasteiger partial charge is 0.352 e. The summed E-state index contributed by atoms with van der Waals surface area (Å²) in [4.78, 5) is 29.2. The molecule has 0 aliphatic rings. The molecule has 4 aromatic rings. The number of nitrogens with zero attached hydrogens (tertiary/aromatic N) is 2. The van der Waals surface area contributed by atoms with Crippen molar-refractivity contribution < 1.29 is 22.4 Å². The minimum absolute atomic E-state index is 0.0576. The lowest BCUT2D eigenvalue weighted by atomic mass is 10.0. The number of nitrogens with one attached hydrogen (secondary N) is 1. The van der Waals surface area contributed by atoms with E-state index in [9.17, 15) is 22.4 Å². The van der Waals surface area contributed by atoms with E-state index in [4.69, 9.17) is 23.2 Å². The van der Waals surface area contributed by atoms with Crippen molar-refractivity contribution in [3.05, 3.63) is 130 Å². The Labute approximate surface area is 267 Å². The summed E-state index contributed by atoms with van der Waals surface area (Å²) in [7, 11) is -4.33. The van der Waals surface area contributed by atoms with Gasteiger partial charge in [-0.05, 0) is 73.5 Å². The van der Waals surface area contributed by atoms with Gasteiger partial charge >= 0.3 is 0 Å². The van der Waals surface area contributed by atoms with Gasteiger partial charge < -0.3 is 10.2 Å². The van der Waals surface area contributed by atoms with Crippen LogP contribution in [-0.4, -0.2) is 43.8 Å². The lowest BCUT2D eigenvalue weighted by molar-refractivity contribution is -0.140. The number of anilines is 1. The Balaban J connectivity index is 1.80. The second-order valence-corrected chi connectivity index (χ2v) is 13.1. The molecule has 4 rings (SSSR count). The Bertz CT molecular complexity index is 1690. The van der Waals surface area contributed by atoms with Crippen LogP contribution in [0.25, 0.3) is 0 Å². The average molecular weight is 657 g/mol. The third-order valence-electron chi connectivity index (χ3n) is 6.76. The van der Waals surface area contributed by atoms with Crippen LogP contribution in [0.3, 0.4) is 0 Å². The van der Waals surface area contributed by atoms with E-state index in [-0.39, 0.29) is 34.6 Å². The number of halogens is 3. The van der Waals surface area contributed by atoms with E-state index in [1.165, 1.54) is 4.90 Å². The maximum Gasteiger partial charge on any atom is 0.264 e. The molecule has 7 nitrogen and oxygen atoms in total. The van der Waals surface area contributed by atoms with Crippen molar-refractivity contribution in [3.8, 4) is 0 Å². The third-order valence-corrected chi connectivity index (χ3v) is 9.29. The topological polar surface area (TPSA) is 86.8 Å². The smallest absolute Gasteiger partial charge is 0.264 e. The van der Waals surface area contributed by atoms with Crippen molar-refractivity contribution in [1.82, 2.24) is 10.2 Å². The van der Waals surface area contributed by atoms with Crippen molar-refractivity contribution in [3.63, 3.8) is 0 Å². The highest BCUT2D eigenvalue weighted by Crippen LogP contribution is 2.27. The van der Waals surface area contributed by atoms with Crippen LogP contribution in [0.2, 0.25) is 10.0 Å². The average Bonchev–Trinajstić information content (AvgIpc) is 3.00. The van der Waals surface area contributed by atoms with Crippen LogP contribution in [0.4, 0.5) is 10.1 Å². The summed E-state index contributed by atoms with van der Waals surface area (Å²) in [6.07, 6.45) is 0.169. The Kier molecular flexibility index (Phi) is 11.0. The molecule has 0 heterocycles. The molecular formula is C33H32Cl2FN3O4S. The van der Waals surface area contributed by atoms with Crippen molar-refractivity contribution in [2.45, 2.75) is 43.8 Å². The van der Waals surface area contributed by atoms with Crippen LogP contribution < -0.4 is 9.62 Å². The molecule has 2 amide bonds. The number of para-hydroxylation sites is 1. The van der Waals surface area contributed by atoms with E-state index < -0.39 is 40.2 Å². The van der Waals surface area contributed by atoms with Crippen LogP contribution in [0.15, 0.2) is 108 Å². The molecule has 0 bridgehead atoms. The number of benzene rings is 4. The quantitative estimate of drug-likeness (QED) is 0.189. The van der Waals surface area contributed by atoms with Gasteiger partial charge in [0.25, 0.3) is 10.0 Å². The van der Waals surface area contributed by atoms with Crippen LogP contribution in [0.1, 0.15) is 25.0 Å². The molecule has 0 saturated carbocycles. The number of carbonyl (C=O) groups excluding carboxylic acids is 2. The fourth-order valence-electron chi connectivity index (χ4n) is 4.63. The molecule has 0 aliphatic carbocycles. The maximum absolute atomic E-state index is 14.4. The molecule has 230 valence electrons. The molecule has 1 unspecified atom stereocenters. The molecule has 0 radical (unpaired) electrons. The maximum atomic E-state index is 14.4. The van der Waals surface area contributed by atoms with Crippen LogP contribution >= 0.6 is 23.2 Å². The van der Waals surface area contributed by atoms with Gasteiger partial charge in [-0.3, -0.25) is 13.9 Å². The first-order valence-corrected chi connectivity index (χ1v) is 16.1. The number of sulfonamides is 1. The van der Waals surface area contributed by atoms with Gasteiger partial charge in [0.1, 0.15) is 18.4 Å². The monoisotopic (exact) mass is 655 g/mol. The van der Waals surface area contributed by atoms with Crippen LogP contribution in [-0.2, 0) is 32.6 Å². The van der Waals surface area contributed by atoms with E-state index in [0.717, 1.165) is 34.1 Å². The fraction of sp³-hybridized carbons (Fsp3) is 0.212. The van der Waals surface area contributed by atoms with Gasteiger partial charge in [0, 0.05) is 19.0 Å². The number of amides is 2. The highest BCUT2D eigenvalue weighted by molar-refractivity contribution is 7.92. The van der Waals surface area contributed by atoms with Crippen LogP contribution in [0, 0.1) is 5.82 Å². The van der Waals surface area contributed by atoms with E-state index in [0.29, 0.717) is 10.6 Å². The minimum Gasteiger partial charge on any atom is -0.352 e. The highest BCUT2D eigenvalue weighted by Gasteiger charge is 2.35. The van der Waals surface area contributed by atoms with Gasteiger partial charge in [0.15, 0.2) is 0 Å². The van der Waals surface area contributed by atoms with Gasteiger partial charge in [0.05, 0.1) is 20.6 Å². The zero-order valence-electron chi connectivity index (χ0n) is 24.2. The molecule has 0 saturated heterocycles. The first kappa shape index (κ1) is 33.0. The molecule has 0 aromatic heterocycles. The molecular weight excluding hydrogens is 624 g/mol. The highest BCUT2D eigenvalue weighted by atomic mass is 35.5. The number of hydrogen-bond acceptors (Lipinski definition) is 4. The standard InChI is InChI=1S/C33H32Cl2FN3O4S/c1-23(2)37-33(41)31(20-24-9-5-3-6-10-24)38(21-25-13-18-29(34)30(35)19-25)32(40)22-39(27-11-7-4-8-12-27)44(42,43)28-16-14-26(36)15-17-28/h3-19,23,31H,20-22H2,1-2H3,(H,37,41). The van der Waals surface area contributed by atoms with E-state index >= 15 is 0 Å². The Morgan fingerprint density at radius 1 is 0.818 bits per heavy atom. The Morgan fingerprint density at radius 3 is 2.02 bits per heavy atom. The normalized spacial score (nSPS) is 12.0. The third kappa shape index (κ3) is 8.37. The van der Waals surface area contributed by atoms with Crippen LogP contribution in [0.5, 0.6) is 0 Å². The molecule has 1 atom stereocenters. The summed E-state index contributed by atoms with van der Waals surface area (Å²) < 4.78 is 42.5. The lowest BCUT2D eigenvalue weighted by Gasteiger charge is -2.34. The summed E-state index contributed by atoms with van der Waals surface area (Å²) in [5.74, 6) is -1.63. The van der Waals surface area contributed by atoms with Gasteiger partial charge in [-0.2, -0.15) is 0 Å². The summed E-state index contributed by atoms with van der Waals surface area (Å²) in [5.41, 5.74) is 1.63. The number of rotatable bonds is 12. The zero-order valence-corrected chi connectivity index (χ0v) is 26.5. The Hall–Kier alpha value is -3.92. The lowest BCUT2D eigenvalue weighted by Crippen LogP contribution is -2.54. The molecule has 0 fully saturated rings. The number of hydrogen-bond donors (Lipinski definition) is 1. The molecule has 44 heavy (non-hydrogen) atoms. The van der Waals surface area contributed by atoms with Crippen molar-refractivity contribution >= 4 is 50.7 Å². The predicted octanol–water partition coefficient (Wildman–Crippen LogP) is 6.49. The van der Waals surface area contributed by atoms with E-state index in [1.54, 1.807) is 48.5 Å². The van der Waals surface area contributed by atoms with E-state index in [2.05, 4.69) is 5.32 Å². The van der Waals surface area contributed by atoms with Gasteiger partial charge in [-0.25, -0.2) is 12.8 Å². The van der Waals surface area contributed by atoms with Crippen molar-refractivity contribution in [2.75, 3.05) is 10.8 Å². The van der Waals surface area contributed by atoms with Gasteiger partial charge in [0.2, 0.25) is 11.8 Å². The summed E-state index contributed by atoms with van der Waals surface area (Å²) in [6.45, 7) is 2.94. The fourth-order valence-corrected chi connectivity index (χ4v) is 6.36. The SMILES string of the molecule is CC(C)NC(=O)C(Cc1ccccc1)N(Cc1ccc(Cl)c(Cl)c1)C(=O)CN(c1ccccc1)S(=O)(=O)c1ccc(F)cc1. The van der Waals surface area contributed by atoms with Crippen molar-refractivity contribution in [2.24, 2.45) is 0 Å². The molecule has 1 N–H and O–H groups in total. The molecule has 0 spiro atoms. The first-order valence-electron chi connectivity index (χ1n) is 13.9. The second-order valence-electron chi connectivity index (χ2n) is 10.4. The summed E-state index contributed by atoms with van der Waals surface area (Å²) in [5, 5.41) is 3.50. The molecule has 0 aliphatic heterocycles. The second kappa shape index (κ2) is 14.7. The first-order chi connectivity index (χ1) is 21.0.